The van der Waals surface area contributed by atoms with Crippen molar-refractivity contribution >= 4 is 11.6 Å². The van der Waals surface area contributed by atoms with Gasteiger partial charge in [0.1, 0.15) is 0 Å². The van der Waals surface area contributed by atoms with Crippen LogP contribution in [0.25, 0.3) is 0 Å². The van der Waals surface area contributed by atoms with Crippen LogP contribution in [0.2, 0.25) is 5.02 Å². The van der Waals surface area contributed by atoms with Crippen molar-refractivity contribution in [1.29, 1.82) is 0 Å². The number of rotatable bonds is 4. The molecule has 0 radical (unpaired) electrons. The first-order valence-corrected chi connectivity index (χ1v) is 9.30. The summed E-state index contributed by atoms with van der Waals surface area (Å²) in [4.78, 5) is 5.33. The normalized spacial score (nSPS) is 27.9. The van der Waals surface area contributed by atoms with Crippen LogP contribution >= 0.6 is 11.6 Å². The summed E-state index contributed by atoms with van der Waals surface area (Å²) in [6, 6.07) is 9.07. The Morgan fingerprint density at radius 2 is 1.95 bits per heavy atom. The summed E-state index contributed by atoms with van der Waals surface area (Å²) in [5, 5.41) is 0.911. The predicted octanol–water partition coefficient (Wildman–Crippen LogP) is 4.43. The Balaban J connectivity index is 1.54. The van der Waals surface area contributed by atoms with E-state index >= 15 is 0 Å². The maximum Gasteiger partial charge on any atom is 0.0451 e. The number of piperidine rings is 2. The molecule has 1 aromatic rings. The van der Waals surface area contributed by atoms with E-state index in [9.17, 15) is 0 Å². The average molecular weight is 321 g/mol. The molecule has 2 unspecified atom stereocenters. The monoisotopic (exact) mass is 320 g/mol. The Labute approximate surface area is 140 Å². The Bertz CT molecular complexity index is 476. The predicted molar refractivity (Wildman–Crippen MR) is 94.3 cm³/mol. The number of nitrogens with zero attached hydrogens (tertiary/aromatic N) is 2. The molecule has 3 heteroatoms. The van der Waals surface area contributed by atoms with Crippen LogP contribution in [0, 0.1) is 5.92 Å². The third-order valence-electron chi connectivity index (χ3n) is 5.39. The zero-order valence-electron chi connectivity index (χ0n) is 13.8. The molecule has 2 atom stereocenters. The minimum Gasteiger partial charge on any atom is -0.300 e. The average Bonchev–Trinajstić information content (AvgIpc) is 2.52. The molecule has 0 bridgehead atoms. The highest BCUT2D eigenvalue weighted by atomic mass is 35.5. The number of hydrogen-bond acceptors (Lipinski definition) is 2. The Hall–Kier alpha value is -0.570. The molecular weight excluding hydrogens is 292 g/mol. The van der Waals surface area contributed by atoms with Crippen LogP contribution in [0.4, 0.5) is 0 Å². The van der Waals surface area contributed by atoms with Crippen molar-refractivity contribution in [3.63, 3.8) is 0 Å². The zero-order chi connectivity index (χ0) is 15.4. The van der Waals surface area contributed by atoms with Crippen molar-refractivity contribution in [1.82, 2.24) is 9.80 Å². The van der Waals surface area contributed by atoms with E-state index in [0.717, 1.165) is 23.5 Å². The maximum absolute atomic E-state index is 6.32. The summed E-state index contributed by atoms with van der Waals surface area (Å²) < 4.78 is 0. The molecule has 22 heavy (non-hydrogen) atoms. The molecular formula is C19H29ClN2. The summed E-state index contributed by atoms with van der Waals surface area (Å²) in [5.74, 6) is 0.830. The van der Waals surface area contributed by atoms with Crippen LogP contribution in [0.3, 0.4) is 0 Å². The molecule has 0 amide bonds. The van der Waals surface area contributed by atoms with E-state index in [1.54, 1.807) is 0 Å². The van der Waals surface area contributed by atoms with Crippen LogP contribution in [-0.4, -0.2) is 42.0 Å². The number of halogens is 1. The molecule has 2 fully saturated rings. The lowest BCUT2D eigenvalue weighted by Gasteiger charge is -2.39. The van der Waals surface area contributed by atoms with E-state index in [0.29, 0.717) is 0 Å². The van der Waals surface area contributed by atoms with Crippen molar-refractivity contribution in [3.8, 4) is 0 Å². The van der Waals surface area contributed by atoms with E-state index in [-0.39, 0.29) is 0 Å². The van der Waals surface area contributed by atoms with Gasteiger partial charge in [-0.25, -0.2) is 0 Å². The molecule has 2 heterocycles. The van der Waals surface area contributed by atoms with E-state index in [1.165, 1.54) is 63.8 Å². The quantitative estimate of drug-likeness (QED) is 0.810. The van der Waals surface area contributed by atoms with Gasteiger partial charge in [0.05, 0.1) is 0 Å². The SMILES string of the molecule is CC1CCCCN1CC1CCCN(Cc2ccccc2Cl)C1. The van der Waals surface area contributed by atoms with Crippen LogP contribution in [-0.2, 0) is 6.54 Å². The van der Waals surface area contributed by atoms with Gasteiger partial charge < -0.3 is 4.90 Å². The lowest BCUT2D eigenvalue weighted by atomic mass is 9.94. The second kappa shape index (κ2) is 7.81. The molecule has 2 saturated heterocycles. The maximum atomic E-state index is 6.32. The summed E-state index contributed by atoms with van der Waals surface area (Å²) in [7, 11) is 0. The fourth-order valence-electron chi connectivity index (χ4n) is 4.07. The van der Waals surface area contributed by atoms with Gasteiger partial charge in [0.2, 0.25) is 0 Å². The molecule has 2 nitrogen and oxygen atoms in total. The lowest BCUT2D eigenvalue weighted by Crippen LogP contribution is -2.45. The van der Waals surface area contributed by atoms with Gasteiger partial charge in [0, 0.05) is 30.7 Å². The molecule has 2 aliphatic rings. The summed E-state index contributed by atoms with van der Waals surface area (Å²) in [6.07, 6.45) is 6.91. The molecule has 1 aromatic carbocycles. The minimum atomic E-state index is 0.785. The van der Waals surface area contributed by atoms with E-state index in [2.05, 4.69) is 28.9 Å². The lowest BCUT2D eigenvalue weighted by molar-refractivity contribution is 0.0913. The summed E-state index contributed by atoms with van der Waals surface area (Å²) >= 11 is 6.32. The smallest absolute Gasteiger partial charge is 0.0451 e. The van der Waals surface area contributed by atoms with Crippen molar-refractivity contribution in [3.05, 3.63) is 34.9 Å². The Morgan fingerprint density at radius 3 is 2.77 bits per heavy atom. The van der Waals surface area contributed by atoms with Crippen LogP contribution in [0.5, 0.6) is 0 Å². The number of hydrogen-bond donors (Lipinski definition) is 0. The molecule has 0 N–H and O–H groups in total. The van der Waals surface area contributed by atoms with Crippen molar-refractivity contribution in [2.75, 3.05) is 26.2 Å². The Morgan fingerprint density at radius 1 is 1.09 bits per heavy atom. The zero-order valence-corrected chi connectivity index (χ0v) is 14.6. The van der Waals surface area contributed by atoms with Gasteiger partial charge in [-0.05, 0) is 63.2 Å². The van der Waals surface area contributed by atoms with E-state index in [4.69, 9.17) is 11.6 Å². The van der Waals surface area contributed by atoms with Crippen molar-refractivity contribution in [2.24, 2.45) is 5.92 Å². The van der Waals surface area contributed by atoms with Gasteiger partial charge in [-0.1, -0.05) is 36.2 Å². The molecule has 0 aliphatic carbocycles. The van der Waals surface area contributed by atoms with E-state index < -0.39 is 0 Å². The number of benzene rings is 1. The topological polar surface area (TPSA) is 6.48 Å². The molecule has 3 rings (SSSR count). The van der Waals surface area contributed by atoms with Gasteiger partial charge in [0.25, 0.3) is 0 Å². The minimum absolute atomic E-state index is 0.785. The van der Waals surface area contributed by atoms with Gasteiger partial charge in [0.15, 0.2) is 0 Å². The first-order chi connectivity index (χ1) is 10.7. The number of likely N-dealkylation sites (tertiary alicyclic amines) is 2. The fraction of sp³-hybridized carbons (Fsp3) is 0.684. The van der Waals surface area contributed by atoms with Gasteiger partial charge in [-0.15, -0.1) is 0 Å². The van der Waals surface area contributed by atoms with Crippen LogP contribution in [0.1, 0.15) is 44.6 Å². The molecule has 2 aliphatic heterocycles. The molecule has 0 spiro atoms. The van der Waals surface area contributed by atoms with Gasteiger partial charge in [-0.3, -0.25) is 4.90 Å². The highest BCUT2D eigenvalue weighted by molar-refractivity contribution is 6.31. The fourth-order valence-corrected chi connectivity index (χ4v) is 4.27. The van der Waals surface area contributed by atoms with Crippen molar-refractivity contribution in [2.45, 2.75) is 51.6 Å². The third kappa shape index (κ3) is 4.24. The third-order valence-corrected chi connectivity index (χ3v) is 5.76. The molecule has 0 saturated carbocycles. The van der Waals surface area contributed by atoms with Gasteiger partial charge >= 0.3 is 0 Å². The van der Waals surface area contributed by atoms with Crippen LogP contribution in [0.15, 0.2) is 24.3 Å². The molecule has 122 valence electrons. The van der Waals surface area contributed by atoms with E-state index in [1.807, 2.05) is 12.1 Å². The highest BCUT2D eigenvalue weighted by Gasteiger charge is 2.25. The summed E-state index contributed by atoms with van der Waals surface area (Å²) in [6.45, 7) is 8.46. The second-order valence-corrected chi connectivity index (χ2v) is 7.58. The van der Waals surface area contributed by atoms with Crippen LogP contribution < -0.4 is 0 Å². The highest BCUT2D eigenvalue weighted by Crippen LogP contribution is 2.25. The van der Waals surface area contributed by atoms with Gasteiger partial charge in [-0.2, -0.15) is 0 Å². The molecule has 0 aromatic heterocycles. The first-order valence-electron chi connectivity index (χ1n) is 8.92. The second-order valence-electron chi connectivity index (χ2n) is 7.17. The first kappa shape index (κ1) is 16.3. The summed E-state index contributed by atoms with van der Waals surface area (Å²) in [5.41, 5.74) is 1.27. The largest absolute Gasteiger partial charge is 0.300 e. The van der Waals surface area contributed by atoms with Crippen molar-refractivity contribution < 1.29 is 0 Å². The standard InChI is InChI=1S/C19H29ClN2/c1-16-7-4-5-12-22(16)14-17-8-6-11-21(13-17)15-18-9-2-3-10-19(18)20/h2-3,9-10,16-17H,4-8,11-15H2,1H3. The Kier molecular flexibility index (Phi) is 5.78.